The molecule has 1 aliphatic heterocycles. The van der Waals surface area contributed by atoms with E-state index in [4.69, 9.17) is 0 Å². The number of hydrogen-bond acceptors (Lipinski definition) is 2. The van der Waals surface area contributed by atoms with E-state index in [0.29, 0.717) is 6.04 Å². The molecular weight excluding hydrogens is 324 g/mol. The summed E-state index contributed by atoms with van der Waals surface area (Å²) >= 11 is 0. The molecule has 10 radical (unpaired) electrons. The molecule has 2 saturated carbocycles. The van der Waals surface area contributed by atoms with Gasteiger partial charge in [0.1, 0.15) is 0 Å². The summed E-state index contributed by atoms with van der Waals surface area (Å²) in [6, 6.07) is 10.8. The van der Waals surface area contributed by atoms with E-state index < -0.39 is 0 Å². The predicted molar refractivity (Wildman–Crippen MR) is 91.1 cm³/mol. The van der Waals surface area contributed by atoms with Crippen LogP contribution in [0, 0.1) is 63.7 Å². The van der Waals surface area contributed by atoms with Crippen molar-refractivity contribution in [3.63, 3.8) is 0 Å². The first-order chi connectivity index (χ1) is 10.8. The molecule has 2 aliphatic carbocycles. The fourth-order valence-electron chi connectivity index (χ4n) is 2.69. The number of rotatable bonds is 2. The van der Waals surface area contributed by atoms with E-state index in [2.05, 4.69) is 60.1 Å². The van der Waals surface area contributed by atoms with Crippen LogP contribution in [0.5, 0.6) is 0 Å². The summed E-state index contributed by atoms with van der Waals surface area (Å²) in [5, 5.41) is 6.71. The largest absolute Gasteiger partial charge is 2.00 e. The van der Waals surface area contributed by atoms with Crippen LogP contribution in [0.15, 0.2) is 35.4 Å². The van der Waals surface area contributed by atoms with Crippen LogP contribution in [0.2, 0.25) is 0 Å². The van der Waals surface area contributed by atoms with E-state index in [1.165, 1.54) is 17.2 Å². The molecule has 0 bridgehead atoms. The van der Waals surface area contributed by atoms with Crippen LogP contribution in [0.1, 0.15) is 12.0 Å². The maximum Gasteiger partial charge on any atom is 2.00 e. The molecule has 4 rings (SSSR count). The van der Waals surface area contributed by atoms with Crippen molar-refractivity contribution in [3.8, 4) is 0 Å². The van der Waals surface area contributed by atoms with Crippen molar-refractivity contribution < 1.29 is 17.1 Å². The molecule has 1 atom stereocenters. The molecule has 3 aliphatic rings. The van der Waals surface area contributed by atoms with Crippen molar-refractivity contribution in [2.45, 2.75) is 12.5 Å². The average molecular weight is 344 g/mol. The molecule has 1 aromatic rings. The van der Waals surface area contributed by atoms with Gasteiger partial charge in [-0.2, -0.15) is 5.10 Å². The number of hydrogen-bond donors (Lipinski definition) is 0. The molecule has 0 aromatic heterocycles. The van der Waals surface area contributed by atoms with Gasteiger partial charge in [-0.05, 0) is 63.4 Å². The fourth-order valence-corrected chi connectivity index (χ4v) is 2.69. The first kappa shape index (κ1) is 18.5. The van der Waals surface area contributed by atoms with Crippen molar-refractivity contribution in [2.24, 2.45) is 5.10 Å². The Morgan fingerprint density at radius 3 is 2.00 bits per heavy atom. The molecule has 2 nitrogen and oxygen atoms in total. The summed E-state index contributed by atoms with van der Waals surface area (Å²) in [6.45, 7) is 0. The standard InChI is InChI=1S/C15H15N2.C5H5.Fe/c1-17-15(13-9-5-6-10-13)11-14(16-17)12-7-3-2-4-8-12;1-2-4-5-3-1;/h2-10,15H,11H2,1H3;1-5H;/q;;+2. The molecule has 23 heavy (non-hydrogen) atoms. The summed E-state index contributed by atoms with van der Waals surface area (Å²) in [7, 11) is 2.05. The van der Waals surface area contributed by atoms with Gasteiger partial charge in [-0.3, -0.25) is 5.01 Å². The van der Waals surface area contributed by atoms with Gasteiger partial charge in [0.2, 0.25) is 0 Å². The van der Waals surface area contributed by atoms with Crippen molar-refractivity contribution in [1.82, 2.24) is 5.01 Å². The molecular formula is C20H20FeN2+2. The van der Waals surface area contributed by atoms with Gasteiger partial charge in [-0.25, -0.2) is 0 Å². The number of benzene rings is 1. The normalized spacial score (nSPS) is 24.0. The molecule has 0 saturated heterocycles. The minimum absolute atomic E-state index is 0. The number of hydrazone groups is 1. The zero-order valence-corrected chi connectivity index (χ0v) is 14.2. The first-order valence-electron chi connectivity index (χ1n) is 7.58. The summed E-state index contributed by atoms with van der Waals surface area (Å²) in [5.74, 6) is 1.35. The van der Waals surface area contributed by atoms with Gasteiger partial charge in [0.25, 0.3) is 0 Å². The Bertz CT molecular complexity index is 468. The molecule has 0 amide bonds. The summed E-state index contributed by atoms with van der Waals surface area (Å²) in [5.41, 5.74) is 2.41. The molecule has 1 heterocycles. The van der Waals surface area contributed by atoms with E-state index in [1.54, 1.807) is 0 Å². The molecule has 1 aromatic carbocycles. The smallest absolute Gasteiger partial charge is 0.296 e. The Hall–Kier alpha value is -0.791. The zero-order chi connectivity index (χ0) is 15.2. The van der Waals surface area contributed by atoms with Crippen LogP contribution in [0.25, 0.3) is 0 Å². The third-order valence-electron chi connectivity index (χ3n) is 3.85. The summed E-state index contributed by atoms with van der Waals surface area (Å²) < 4.78 is 0. The van der Waals surface area contributed by atoms with E-state index >= 15 is 0 Å². The minimum Gasteiger partial charge on any atom is -0.296 e. The monoisotopic (exact) mass is 344 g/mol. The van der Waals surface area contributed by atoms with E-state index in [9.17, 15) is 0 Å². The van der Waals surface area contributed by atoms with Gasteiger partial charge in [-0.15, -0.1) is 0 Å². The topological polar surface area (TPSA) is 15.6 Å². The molecule has 2 fully saturated rings. The van der Waals surface area contributed by atoms with Crippen molar-refractivity contribution >= 4 is 5.71 Å². The maximum absolute atomic E-state index is 4.65. The maximum atomic E-state index is 4.65. The Labute approximate surface area is 152 Å². The van der Waals surface area contributed by atoms with Crippen LogP contribution in [-0.4, -0.2) is 23.8 Å². The third-order valence-corrected chi connectivity index (χ3v) is 3.85. The van der Waals surface area contributed by atoms with Crippen LogP contribution >= 0.6 is 0 Å². The molecule has 0 N–H and O–H groups in total. The second-order valence-electron chi connectivity index (χ2n) is 5.39. The van der Waals surface area contributed by atoms with Gasteiger partial charge < -0.3 is 0 Å². The first-order valence-corrected chi connectivity index (χ1v) is 7.58. The second kappa shape index (κ2) is 9.49. The Morgan fingerprint density at radius 2 is 1.43 bits per heavy atom. The van der Waals surface area contributed by atoms with Gasteiger partial charge in [-0.1, -0.05) is 30.3 Å². The molecule has 1 unspecified atom stereocenters. The van der Waals surface area contributed by atoms with Crippen LogP contribution in [0.4, 0.5) is 0 Å². The molecule has 0 spiro atoms. The third kappa shape index (κ3) is 5.09. The minimum atomic E-state index is 0. The average Bonchev–Trinajstić information content (AvgIpc) is 3.31. The van der Waals surface area contributed by atoms with Crippen LogP contribution in [-0.2, 0) is 17.1 Å². The Kier molecular flexibility index (Phi) is 7.65. The molecule has 116 valence electrons. The van der Waals surface area contributed by atoms with Gasteiger partial charge >= 0.3 is 17.1 Å². The van der Waals surface area contributed by atoms with Gasteiger partial charge in [0, 0.05) is 19.4 Å². The molecule has 3 heteroatoms. The Balaban J connectivity index is 0.000000276. The van der Waals surface area contributed by atoms with Crippen molar-refractivity contribution in [3.05, 3.63) is 99.6 Å². The number of nitrogens with zero attached hydrogens (tertiary/aromatic N) is 2. The summed E-state index contributed by atoms with van der Waals surface area (Å²) in [4.78, 5) is 0. The van der Waals surface area contributed by atoms with Gasteiger partial charge in [0.15, 0.2) is 0 Å². The second-order valence-corrected chi connectivity index (χ2v) is 5.39. The SMILES string of the molecule is CN1N=C(c2ccccc2)CC1[C]1[CH][CH][CH][CH]1.[CH]1[CH][CH][CH][CH]1.[Fe+2]. The summed E-state index contributed by atoms with van der Waals surface area (Å²) in [6.07, 6.45) is 19.5. The van der Waals surface area contributed by atoms with Crippen LogP contribution in [0.3, 0.4) is 0 Å². The Morgan fingerprint density at radius 1 is 0.870 bits per heavy atom. The van der Waals surface area contributed by atoms with E-state index in [0.717, 1.165) is 6.42 Å². The quantitative estimate of drug-likeness (QED) is 0.750. The van der Waals surface area contributed by atoms with Crippen molar-refractivity contribution in [1.29, 1.82) is 0 Å². The van der Waals surface area contributed by atoms with E-state index in [-0.39, 0.29) is 17.1 Å². The van der Waals surface area contributed by atoms with Crippen LogP contribution < -0.4 is 0 Å². The van der Waals surface area contributed by atoms with E-state index in [1.807, 2.05) is 45.2 Å². The fraction of sp³-hybridized carbons (Fsp3) is 0.150. The zero-order valence-electron chi connectivity index (χ0n) is 13.1. The van der Waals surface area contributed by atoms with Crippen molar-refractivity contribution in [2.75, 3.05) is 7.05 Å². The van der Waals surface area contributed by atoms with Gasteiger partial charge in [0.05, 0.1) is 11.8 Å². The predicted octanol–water partition coefficient (Wildman–Crippen LogP) is 3.52.